The predicted molar refractivity (Wildman–Crippen MR) is 114 cm³/mol. The third-order valence-electron chi connectivity index (χ3n) is 4.36. The molecule has 0 bridgehead atoms. The van der Waals surface area contributed by atoms with Gasteiger partial charge in [0.05, 0.1) is 29.8 Å². The summed E-state index contributed by atoms with van der Waals surface area (Å²) in [5, 5.41) is 11.1. The molecular weight excluding hydrogens is 398 g/mol. The van der Waals surface area contributed by atoms with E-state index in [1.54, 1.807) is 22.7 Å². The first-order valence-corrected chi connectivity index (χ1v) is 10.1. The van der Waals surface area contributed by atoms with Gasteiger partial charge >= 0.3 is 5.97 Å². The number of carbonyl (C=O) groups excluding carboxylic acids is 2. The van der Waals surface area contributed by atoms with Crippen LogP contribution in [0.1, 0.15) is 45.1 Å². The first-order chi connectivity index (χ1) is 13.3. The van der Waals surface area contributed by atoms with Crippen LogP contribution in [-0.4, -0.2) is 51.9 Å². The Hall–Kier alpha value is -2.46. The monoisotopic (exact) mass is 423 g/mol. The van der Waals surface area contributed by atoms with Gasteiger partial charge in [-0.3, -0.25) is 9.48 Å². The van der Waals surface area contributed by atoms with Gasteiger partial charge in [0.1, 0.15) is 5.00 Å². The number of ether oxygens (including phenoxy) is 1. The highest BCUT2D eigenvalue weighted by Crippen LogP contribution is 2.34. The normalized spacial score (nSPS) is 10.5. The van der Waals surface area contributed by atoms with Gasteiger partial charge in [-0.2, -0.15) is 5.10 Å². The Morgan fingerprint density at radius 2 is 2.04 bits per heavy atom. The number of nitrogens with one attached hydrogen (secondary N) is 2. The van der Waals surface area contributed by atoms with E-state index in [1.165, 1.54) is 18.4 Å². The molecule has 0 unspecified atom stereocenters. The van der Waals surface area contributed by atoms with Gasteiger partial charge in [0, 0.05) is 26.3 Å². The van der Waals surface area contributed by atoms with Crippen LogP contribution in [0.15, 0.2) is 12.3 Å². The van der Waals surface area contributed by atoms with Crippen molar-refractivity contribution in [2.75, 3.05) is 25.5 Å². The Kier molecular flexibility index (Phi) is 7.53. The third-order valence-corrected chi connectivity index (χ3v) is 5.80. The molecule has 0 radical (unpaired) electrons. The van der Waals surface area contributed by atoms with Gasteiger partial charge in [-0.05, 0) is 44.6 Å². The average molecular weight is 424 g/mol. The lowest BCUT2D eigenvalue weighted by Crippen LogP contribution is -2.30. The minimum absolute atomic E-state index is 0.112. The van der Waals surface area contributed by atoms with Gasteiger partial charge in [0.25, 0.3) is 5.91 Å². The molecule has 0 aromatic carbocycles. The van der Waals surface area contributed by atoms with Crippen LogP contribution in [-0.2, 0) is 18.3 Å². The van der Waals surface area contributed by atoms with Crippen molar-refractivity contribution < 1.29 is 14.3 Å². The number of thiocarbonyl (C=S) groups is 1. The van der Waals surface area contributed by atoms with Gasteiger partial charge in [-0.1, -0.05) is 0 Å². The molecule has 1 amide bonds. The fourth-order valence-electron chi connectivity index (χ4n) is 2.70. The molecule has 8 nitrogen and oxygen atoms in total. The van der Waals surface area contributed by atoms with Gasteiger partial charge in [0.15, 0.2) is 5.11 Å². The molecule has 0 aliphatic rings. The maximum atomic E-state index is 12.8. The predicted octanol–water partition coefficient (Wildman–Crippen LogP) is 2.55. The van der Waals surface area contributed by atoms with Gasteiger partial charge in [-0.25, -0.2) is 4.79 Å². The van der Waals surface area contributed by atoms with E-state index in [0.29, 0.717) is 45.8 Å². The van der Waals surface area contributed by atoms with Crippen LogP contribution in [0, 0.1) is 6.92 Å². The van der Waals surface area contributed by atoms with E-state index in [4.69, 9.17) is 17.0 Å². The molecule has 0 saturated carbocycles. The second-order valence-corrected chi connectivity index (χ2v) is 7.41. The highest BCUT2D eigenvalue weighted by Gasteiger charge is 2.27. The number of carbonyl (C=O) groups is 2. The number of anilines is 1. The minimum Gasteiger partial charge on any atom is -0.465 e. The number of hydrogen-bond donors (Lipinski definition) is 2. The Morgan fingerprint density at radius 3 is 2.57 bits per heavy atom. The zero-order valence-electron chi connectivity index (χ0n) is 16.7. The first-order valence-electron chi connectivity index (χ1n) is 8.86. The Labute approximate surface area is 173 Å². The number of thiophene rings is 1. The van der Waals surface area contributed by atoms with Crippen LogP contribution in [0.5, 0.6) is 0 Å². The Balaban J connectivity index is 2.25. The summed E-state index contributed by atoms with van der Waals surface area (Å²) in [4.78, 5) is 27.3. The zero-order valence-corrected chi connectivity index (χ0v) is 18.3. The number of methoxy groups -OCH3 is 1. The quantitative estimate of drug-likeness (QED) is 0.523. The molecule has 28 heavy (non-hydrogen) atoms. The van der Waals surface area contributed by atoms with E-state index in [0.717, 1.165) is 5.69 Å². The lowest BCUT2D eigenvalue weighted by Gasteiger charge is -2.17. The number of hydrogen-bond acceptors (Lipinski definition) is 6. The molecule has 10 heteroatoms. The maximum absolute atomic E-state index is 12.8. The molecule has 0 fully saturated rings. The zero-order chi connectivity index (χ0) is 20.8. The molecule has 2 rings (SSSR count). The molecule has 0 saturated heterocycles. The highest BCUT2D eigenvalue weighted by molar-refractivity contribution is 7.80. The lowest BCUT2D eigenvalue weighted by atomic mass is 10.1. The minimum atomic E-state index is -0.510. The van der Waals surface area contributed by atoms with Crippen molar-refractivity contribution in [2.45, 2.75) is 27.3 Å². The molecule has 0 aliphatic carbocycles. The average Bonchev–Trinajstić information content (AvgIpc) is 3.23. The van der Waals surface area contributed by atoms with Gasteiger partial charge in [0.2, 0.25) is 0 Å². The number of aromatic nitrogens is 2. The van der Waals surface area contributed by atoms with Crippen molar-refractivity contribution in [3.05, 3.63) is 34.0 Å². The maximum Gasteiger partial charge on any atom is 0.341 e. The fraction of sp³-hybridized carbons (Fsp3) is 0.444. The van der Waals surface area contributed by atoms with Crippen LogP contribution >= 0.6 is 23.6 Å². The summed E-state index contributed by atoms with van der Waals surface area (Å²) >= 11 is 6.56. The van der Waals surface area contributed by atoms with E-state index in [9.17, 15) is 9.59 Å². The van der Waals surface area contributed by atoms with Crippen LogP contribution in [0.25, 0.3) is 0 Å². The van der Waals surface area contributed by atoms with Gasteiger partial charge < -0.3 is 20.3 Å². The Bertz CT molecular complexity index is 871. The molecule has 0 atom stereocenters. The second-order valence-electron chi connectivity index (χ2n) is 5.98. The lowest BCUT2D eigenvalue weighted by molar-refractivity contribution is 0.0601. The summed E-state index contributed by atoms with van der Waals surface area (Å²) in [6.07, 6.45) is 1.70. The smallest absolute Gasteiger partial charge is 0.341 e. The number of amides is 1. The van der Waals surface area contributed by atoms with Crippen molar-refractivity contribution in [3.8, 4) is 0 Å². The summed E-state index contributed by atoms with van der Waals surface area (Å²) in [5.41, 5.74) is 1.87. The molecule has 2 aromatic rings. The van der Waals surface area contributed by atoms with Crippen LogP contribution < -0.4 is 10.6 Å². The largest absolute Gasteiger partial charge is 0.465 e. The second kappa shape index (κ2) is 9.65. The third kappa shape index (κ3) is 4.68. The standard InChI is InChI=1S/C18H25N5O3S2/c1-6-23(7-2)16(24)14-11(3)13(17(25)26-5)15(28-14)21-18(27)19-10-12-8-9-20-22(12)4/h8-9H,6-7,10H2,1-5H3,(H2,19,21,27). The van der Waals surface area contributed by atoms with E-state index >= 15 is 0 Å². The van der Waals surface area contributed by atoms with Crippen molar-refractivity contribution in [2.24, 2.45) is 7.05 Å². The van der Waals surface area contributed by atoms with Crippen molar-refractivity contribution >= 4 is 45.5 Å². The van der Waals surface area contributed by atoms with E-state index < -0.39 is 5.97 Å². The molecular formula is C18H25N5O3S2. The molecule has 2 aromatic heterocycles. The number of aryl methyl sites for hydroxylation is 1. The van der Waals surface area contributed by atoms with Crippen molar-refractivity contribution in [1.82, 2.24) is 20.0 Å². The Morgan fingerprint density at radius 1 is 1.36 bits per heavy atom. The highest BCUT2D eigenvalue weighted by atomic mass is 32.1. The van der Waals surface area contributed by atoms with Crippen LogP contribution in [0.2, 0.25) is 0 Å². The van der Waals surface area contributed by atoms with Gasteiger partial charge in [-0.15, -0.1) is 11.3 Å². The summed E-state index contributed by atoms with van der Waals surface area (Å²) in [6.45, 7) is 7.24. The summed E-state index contributed by atoms with van der Waals surface area (Å²) in [7, 11) is 3.16. The van der Waals surface area contributed by atoms with E-state index in [1.807, 2.05) is 27.0 Å². The summed E-state index contributed by atoms with van der Waals surface area (Å²) in [5.74, 6) is -0.622. The fourth-order valence-corrected chi connectivity index (χ4v) is 4.11. The SMILES string of the molecule is CCN(CC)C(=O)c1sc(NC(=S)NCc2ccnn2C)c(C(=O)OC)c1C. The van der Waals surface area contributed by atoms with Crippen LogP contribution in [0.3, 0.4) is 0 Å². The van der Waals surface area contributed by atoms with E-state index in [2.05, 4.69) is 15.7 Å². The first kappa shape index (κ1) is 21.8. The molecule has 2 heterocycles. The van der Waals surface area contributed by atoms with Crippen molar-refractivity contribution in [3.63, 3.8) is 0 Å². The molecule has 152 valence electrons. The van der Waals surface area contributed by atoms with Crippen LogP contribution in [0.4, 0.5) is 5.00 Å². The van der Waals surface area contributed by atoms with E-state index in [-0.39, 0.29) is 5.91 Å². The summed E-state index contributed by atoms with van der Waals surface area (Å²) in [6, 6.07) is 1.88. The molecule has 0 spiro atoms. The van der Waals surface area contributed by atoms with Crippen molar-refractivity contribution in [1.29, 1.82) is 0 Å². The number of rotatable bonds is 7. The topological polar surface area (TPSA) is 88.5 Å². The number of nitrogens with zero attached hydrogens (tertiary/aromatic N) is 3. The number of esters is 1. The molecule has 2 N–H and O–H groups in total. The summed E-state index contributed by atoms with van der Waals surface area (Å²) < 4.78 is 6.65. The molecule has 0 aliphatic heterocycles.